The van der Waals surface area contributed by atoms with Crippen LogP contribution in [0.3, 0.4) is 0 Å². The Morgan fingerprint density at radius 1 is 1.69 bits per heavy atom. The lowest BCUT2D eigenvalue weighted by Crippen LogP contribution is -2.18. The van der Waals surface area contributed by atoms with Gasteiger partial charge in [-0.3, -0.25) is 0 Å². The zero-order valence-corrected chi connectivity index (χ0v) is 8.46. The lowest BCUT2D eigenvalue weighted by molar-refractivity contribution is 0.196. The highest BCUT2D eigenvalue weighted by Gasteiger charge is 2.08. The van der Waals surface area contributed by atoms with Crippen molar-refractivity contribution in [2.75, 3.05) is 13.6 Å². The molecule has 1 rings (SSSR count). The second-order valence-corrected chi connectivity index (χ2v) is 3.74. The predicted octanol–water partition coefficient (Wildman–Crippen LogP) is 1.48. The highest BCUT2D eigenvalue weighted by molar-refractivity contribution is 5.24. The van der Waals surface area contributed by atoms with Crippen LogP contribution in [-0.4, -0.2) is 24.8 Å². The van der Waals surface area contributed by atoms with Crippen LogP contribution in [0.25, 0.3) is 0 Å². The number of rotatable bonds is 4. The van der Waals surface area contributed by atoms with Crippen LogP contribution in [0.15, 0.2) is 23.8 Å². The first kappa shape index (κ1) is 10.5. The molecule has 1 aliphatic rings. The van der Waals surface area contributed by atoms with Crippen LogP contribution in [0.1, 0.15) is 19.8 Å². The van der Waals surface area contributed by atoms with Gasteiger partial charge in [0.2, 0.25) is 0 Å². The molecule has 0 amide bonds. The van der Waals surface area contributed by atoms with Gasteiger partial charge in [0, 0.05) is 6.54 Å². The maximum atomic E-state index is 9.19. The topological polar surface area (TPSA) is 32.3 Å². The Balaban J connectivity index is 2.36. The molecule has 2 atom stereocenters. The summed E-state index contributed by atoms with van der Waals surface area (Å²) >= 11 is 0. The molecule has 0 saturated heterocycles. The van der Waals surface area contributed by atoms with Crippen molar-refractivity contribution in [3.05, 3.63) is 23.8 Å². The molecular weight excluding hydrogens is 162 g/mol. The minimum Gasteiger partial charge on any atom is -0.393 e. The number of hydrogen-bond acceptors (Lipinski definition) is 2. The number of allylic oxidation sites excluding steroid dienone is 2. The van der Waals surface area contributed by atoms with Gasteiger partial charge in [-0.05, 0) is 38.3 Å². The van der Waals surface area contributed by atoms with Crippen molar-refractivity contribution in [1.29, 1.82) is 0 Å². The molecule has 0 aromatic rings. The normalized spacial score (nSPS) is 24.2. The van der Waals surface area contributed by atoms with Crippen molar-refractivity contribution >= 4 is 0 Å². The van der Waals surface area contributed by atoms with E-state index in [4.69, 9.17) is 0 Å². The van der Waals surface area contributed by atoms with Gasteiger partial charge in [-0.1, -0.05) is 18.2 Å². The monoisotopic (exact) mass is 181 g/mol. The summed E-state index contributed by atoms with van der Waals surface area (Å²) in [5, 5.41) is 12.3. The zero-order valence-electron chi connectivity index (χ0n) is 8.46. The molecule has 13 heavy (non-hydrogen) atoms. The van der Waals surface area contributed by atoms with Crippen molar-refractivity contribution in [2.45, 2.75) is 25.9 Å². The van der Waals surface area contributed by atoms with Crippen LogP contribution in [0, 0.1) is 5.92 Å². The van der Waals surface area contributed by atoms with E-state index in [0.29, 0.717) is 5.92 Å². The quantitative estimate of drug-likeness (QED) is 0.688. The summed E-state index contributed by atoms with van der Waals surface area (Å²) in [4.78, 5) is 0. The van der Waals surface area contributed by atoms with Crippen LogP contribution in [0.4, 0.5) is 0 Å². The van der Waals surface area contributed by atoms with Crippen molar-refractivity contribution in [3.63, 3.8) is 0 Å². The Morgan fingerprint density at radius 2 is 2.46 bits per heavy atom. The highest BCUT2D eigenvalue weighted by Crippen LogP contribution is 2.18. The van der Waals surface area contributed by atoms with Crippen molar-refractivity contribution in [2.24, 2.45) is 5.92 Å². The number of aliphatic hydroxyl groups excluding tert-OH is 1. The van der Waals surface area contributed by atoms with Gasteiger partial charge in [0.15, 0.2) is 0 Å². The van der Waals surface area contributed by atoms with E-state index in [1.807, 2.05) is 14.0 Å². The maximum Gasteiger partial charge on any atom is 0.0552 e. The van der Waals surface area contributed by atoms with Crippen LogP contribution >= 0.6 is 0 Å². The molecule has 2 N–H and O–H groups in total. The fourth-order valence-corrected chi connectivity index (χ4v) is 1.62. The average Bonchev–Trinajstić information content (AvgIpc) is 2.08. The van der Waals surface area contributed by atoms with Crippen molar-refractivity contribution < 1.29 is 5.11 Å². The van der Waals surface area contributed by atoms with Gasteiger partial charge in [-0.2, -0.15) is 0 Å². The Labute approximate surface area is 80.3 Å². The van der Waals surface area contributed by atoms with E-state index in [1.54, 1.807) is 0 Å². The summed E-state index contributed by atoms with van der Waals surface area (Å²) in [5.74, 6) is 0.628. The third-order valence-corrected chi connectivity index (χ3v) is 2.26. The molecule has 0 bridgehead atoms. The Bertz CT molecular complexity index is 206. The molecule has 0 radical (unpaired) electrons. The first-order valence-corrected chi connectivity index (χ1v) is 4.92. The molecule has 0 fully saturated rings. The van der Waals surface area contributed by atoms with Crippen molar-refractivity contribution in [1.82, 2.24) is 5.32 Å². The molecule has 74 valence electrons. The molecule has 2 unspecified atom stereocenters. The predicted molar refractivity (Wildman–Crippen MR) is 55.6 cm³/mol. The Hall–Kier alpha value is -0.600. The fourth-order valence-electron chi connectivity index (χ4n) is 1.62. The van der Waals surface area contributed by atoms with Gasteiger partial charge in [0.05, 0.1) is 6.10 Å². The minimum absolute atomic E-state index is 0.225. The van der Waals surface area contributed by atoms with Gasteiger partial charge in [-0.15, -0.1) is 0 Å². The van der Waals surface area contributed by atoms with Gasteiger partial charge >= 0.3 is 0 Å². The van der Waals surface area contributed by atoms with E-state index in [2.05, 4.69) is 23.5 Å². The Morgan fingerprint density at radius 3 is 2.92 bits per heavy atom. The van der Waals surface area contributed by atoms with E-state index in [0.717, 1.165) is 19.4 Å². The van der Waals surface area contributed by atoms with Gasteiger partial charge < -0.3 is 10.4 Å². The molecule has 0 spiro atoms. The number of aliphatic hydroxyl groups is 1. The molecular formula is C11H19NO. The minimum atomic E-state index is -0.225. The van der Waals surface area contributed by atoms with Crippen molar-refractivity contribution in [3.8, 4) is 0 Å². The van der Waals surface area contributed by atoms with E-state index in [-0.39, 0.29) is 6.10 Å². The molecule has 2 nitrogen and oxygen atoms in total. The van der Waals surface area contributed by atoms with E-state index < -0.39 is 0 Å². The van der Waals surface area contributed by atoms with Crippen LogP contribution < -0.4 is 5.32 Å². The van der Waals surface area contributed by atoms with Gasteiger partial charge in [0.1, 0.15) is 0 Å². The van der Waals surface area contributed by atoms with Gasteiger partial charge in [-0.25, -0.2) is 0 Å². The molecule has 0 heterocycles. The third-order valence-electron chi connectivity index (χ3n) is 2.26. The van der Waals surface area contributed by atoms with E-state index in [9.17, 15) is 5.11 Å². The Kier molecular flexibility index (Phi) is 4.19. The lowest BCUT2D eigenvalue weighted by atomic mass is 9.94. The molecule has 0 aromatic heterocycles. The van der Waals surface area contributed by atoms with Crippen LogP contribution in [0.2, 0.25) is 0 Å². The average molecular weight is 181 g/mol. The van der Waals surface area contributed by atoms with Crippen LogP contribution in [-0.2, 0) is 0 Å². The SMILES string of the molecule is CNCC1C=CC(CC(C)O)=CC1. The molecule has 2 heteroatoms. The van der Waals surface area contributed by atoms with E-state index >= 15 is 0 Å². The summed E-state index contributed by atoms with van der Waals surface area (Å²) in [6, 6.07) is 0. The largest absolute Gasteiger partial charge is 0.393 e. The smallest absolute Gasteiger partial charge is 0.0552 e. The van der Waals surface area contributed by atoms with Gasteiger partial charge in [0.25, 0.3) is 0 Å². The standard InChI is InChI=1S/C11H19NO/c1-9(13)7-10-3-5-11(6-4-10)8-12-2/h3-5,9,11-13H,6-8H2,1-2H3. The summed E-state index contributed by atoms with van der Waals surface area (Å²) in [6.07, 6.45) is 8.25. The van der Waals surface area contributed by atoms with Crippen LogP contribution in [0.5, 0.6) is 0 Å². The summed E-state index contributed by atoms with van der Waals surface area (Å²) in [6.45, 7) is 2.86. The second-order valence-electron chi connectivity index (χ2n) is 3.74. The summed E-state index contributed by atoms with van der Waals surface area (Å²) < 4.78 is 0. The second kappa shape index (κ2) is 5.20. The summed E-state index contributed by atoms with van der Waals surface area (Å²) in [7, 11) is 1.98. The maximum absolute atomic E-state index is 9.19. The number of hydrogen-bond donors (Lipinski definition) is 2. The molecule has 0 aliphatic heterocycles. The highest BCUT2D eigenvalue weighted by atomic mass is 16.3. The summed E-state index contributed by atoms with van der Waals surface area (Å²) in [5.41, 5.74) is 1.27. The fraction of sp³-hybridized carbons (Fsp3) is 0.636. The lowest BCUT2D eigenvalue weighted by Gasteiger charge is -2.16. The third kappa shape index (κ3) is 3.75. The zero-order chi connectivity index (χ0) is 9.68. The first-order chi connectivity index (χ1) is 6.22. The number of nitrogens with one attached hydrogen (secondary N) is 1. The van der Waals surface area contributed by atoms with E-state index in [1.165, 1.54) is 5.57 Å². The molecule has 0 saturated carbocycles. The first-order valence-electron chi connectivity index (χ1n) is 4.92. The molecule has 1 aliphatic carbocycles. The molecule has 0 aromatic carbocycles.